The Morgan fingerprint density at radius 3 is 2.11 bits per heavy atom. The second kappa shape index (κ2) is 11.3. The van der Waals surface area contributed by atoms with Crippen LogP contribution >= 0.6 is 58.0 Å². The SMILES string of the molecule is O=C(CCCNC(=O)C(F)(F)C(F)(F)F)c1cc(NC(=O)C2C(c3cc(Cl)cc(Cl)c3)C2(Cl)Cl)ccc1Cl. The lowest BCUT2D eigenvalue weighted by atomic mass is 10.1. The first-order valence-corrected chi connectivity index (χ1v) is 12.6. The van der Waals surface area contributed by atoms with Crippen molar-refractivity contribution in [2.24, 2.45) is 5.92 Å². The Hall–Kier alpha value is -1.85. The third-order valence-electron chi connectivity index (χ3n) is 5.62. The third kappa shape index (κ3) is 6.65. The highest BCUT2D eigenvalue weighted by Gasteiger charge is 2.67. The van der Waals surface area contributed by atoms with Crippen molar-refractivity contribution in [3.8, 4) is 0 Å². The lowest BCUT2D eigenvalue weighted by Gasteiger charge is -2.18. The molecule has 2 atom stereocenters. The van der Waals surface area contributed by atoms with Crippen LogP contribution in [0.25, 0.3) is 0 Å². The monoisotopic (exact) mass is 638 g/mol. The first-order valence-electron chi connectivity index (χ1n) is 10.7. The van der Waals surface area contributed by atoms with Gasteiger partial charge in [-0.1, -0.05) is 34.8 Å². The van der Waals surface area contributed by atoms with Gasteiger partial charge in [0.2, 0.25) is 5.91 Å². The highest BCUT2D eigenvalue weighted by atomic mass is 35.5. The van der Waals surface area contributed by atoms with E-state index < -0.39 is 52.4 Å². The molecule has 15 heteroatoms. The van der Waals surface area contributed by atoms with Gasteiger partial charge in [0.1, 0.15) is 4.33 Å². The summed E-state index contributed by atoms with van der Waals surface area (Å²) in [6, 6.07) is 8.66. The summed E-state index contributed by atoms with van der Waals surface area (Å²) in [5.74, 6) is -10.7. The molecule has 1 saturated carbocycles. The van der Waals surface area contributed by atoms with Crippen LogP contribution in [-0.2, 0) is 9.59 Å². The Morgan fingerprint density at radius 2 is 1.53 bits per heavy atom. The van der Waals surface area contributed by atoms with Crippen LogP contribution < -0.4 is 10.6 Å². The summed E-state index contributed by atoms with van der Waals surface area (Å²) in [4.78, 5) is 36.6. The number of carbonyl (C=O) groups is 3. The van der Waals surface area contributed by atoms with Gasteiger partial charge in [-0.25, -0.2) is 0 Å². The molecule has 1 aliphatic carbocycles. The predicted molar refractivity (Wildman–Crippen MR) is 135 cm³/mol. The highest BCUT2D eigenvalue weighted by molar-refractivity contribution is 6.53. The Balaban J connectivity index is 1.61. The molecule has 2 amide bonds. The zero-order valence-corrected chi connectivity index (χ0v) is 22.5. The van der Waals surface area contributed by atoms with Crippen LogP contribution in [0.15, 0.2) is 36.4 Å². The van der Waals surface area contributed by atoms with Crippen LogP contribution in [0.4, 0.5) is 27.6 Å². The van der Waals surface area contributed by atoms with Gasteiger partial charge in [-0.05, 0) is 48.4 Å². The Bertz CT molecular complexity index is 1250. The van der Waals surface area contributed by atoms with E-state index in [0.29, 0.717) is 15.6 Å². The fourth-order valence-corrected chi connectivity index (χ4v) is 5.28. The summed E-state index contributed by atoms with van der Waals surface area (Å²) in [5, 5.41) is 4.70. The van der Waals surface area contributed by atoms with Gasteiger partial charge in [0.25, 0.3) is 5.91 Å². The Kier molecular flexibility index (Phi) is 9.15. The molecule has 5 nitrogen and oxygen atoms in total. The molecule has 2 N–H and O–H groups in total. The van der Waals surface area contributed by atoms with Gasteiger partial charge in [-0.3, -0.25) is 14.4 Å². The average Bonchev–Trinajstić information content (AvgIpc) is 3.38. The Morgan fingerprint density at radius 1 is 0.921 bits per heavy atom. The molecular formula is C23H16Cl5F5N2O3. The van der Waals surface area contributed by atoms with Crippen molar-refractivity contribution in [2.45, 2.75) is 35.2 Å². The van der Waals surface area contributed by atoms with Crippen molar-refractivity contribution in [1.82, 2.24) is 5.32 Å². The number of nitrogens with one attached hydrogen (secondary N) is 2. The smallest absolute Gasteiger partial charge is 0.351 e. The minimum absolute atomic E-state index is 0.00235. The number of alkyl halides is 7. The molecule has 206 valence electrons. The van der Waals surface area contributed by atoms with Crippen molar-refractivity contribution in [2.75, 3.05) is 11.9 Å². The maximum Gasteiger partial charge on any atom is 0.463 e. The molecule has 2 aromatic carbocycles. The van der Waals surface area contributed by atoms with Gasteiger partial charge in [-0.15, -0.1) is 23.2 Å². The number of carbonyl (C=O) groups excluding carboxylic acids is 3. The quantitative estimate of drug-likeness (QED) is 0.129. The van der Waals surface area contributed by atoms with Gasteiger partial charge >= 0.3 is 12.1 Å². The summed E-state index contributed by atoms with van der Waals surface area (Å²) in [7, 11) is 0. The van der Waals surface area contributed by atoms with Crippen molar-refractivity contribution >= 4 is 81.3 Å². The standard InChI is InChI=1S/C23H16Cl5F5N2O3/c24-11-6-10(7-12(25)8-11)17-18(21(17,27)28)19(37)35-13-3-4-15(26)14(9-13)16(36)2-1-5-34-20(38)22(29,30)23(31,32)33/h3-4,6-9,17-18H,1-2,5H2,(H,34,38)(H,35,37). The number of ketones is 1. The van der Waals surface area contributed by atoms with Crippen molar-refractivity contribution < 1.29 is 36.3 Å². The summed E-state index contributed by atoms with van der Waals surface area (Å²) < 4.78 is 61.1. The number of hydrogen-bond donors (Lipinski definition) is 2. The first kappa shape index (κ1) is 30.7. The van der Waals surface area contributed by atoms with E-state index in [9.17, 15) is 36.3 Å². The lowest BCUT2D eigenvalue weighted by molar-refractivity contribution is -0.269. The summed E-state index contributed by atoms with van der Waals surface area (Å²) in [5.41, 5.74) is 0.674. The molecule has 2 unspecified atom stereocenters. The van der Waals surface area contributed by atoms with E-state index in [1.807, 2.05) is 0 Å². The molecule has 2 aromatic rings. The average molecular weight is 641 g/mol. The number of Topliss-reactive ketones (excluding diaryl/α,β-unsaturated/α-hetero) is 1. The molecule has 1 aliphatic rings. The second-order valence-corrected chi connectivity index (χ2v) is 11.1. The number of rotatable bonds is 9. The number of amides is 2. The van der Waals surface area contributed by atoms with Crippen LogP contribution in [0, 0.1) is 5.92 Å². The van der Waals surface area contributed by atoms with E-state index in [1.165, 1.54) is 29.6 Å². The predicted octanol–water partition coefficient (Wildman–Crippen LogP) is 7.45. The van der Waals surface area contributed by atoms with Crippen LogP contribution in [0.2, 0.25) is 15.1 Å². The zero-order valence-electron chi connectivity index (χ0n) is 18.7. The van der Waals surface area contributed by atoms with Crippen molar-refractivity contribution in [3.63, 3.8) is 0 Å². The molecule has 38 heavy (non-hydrogen) atoms. The molecule has 0 aliphatic heterocycles. The van der Waals surface area contributed by atoms with Gasteiger partial charge in [-0.2, -0.15) is 22.0 Å². The van der Waals surface area contributed by atoms with Gasteiger partial charge in [0.05, 0.1) is 10.9 Å². The molecule has 0 bridgehead atoms. The maximum absolute atomic E-state index is 13.0. The fraction of sp³-hybridized carbons (Fsp3) is 0.348. The summed E-state index contributed by atoms with van der Waals surface area (Å²) in [6.45, 7) is -0.617. The normalized spacial score (nSPS) is 18.6. The molecular weight excluding hydrogens is 625 g/mol. The van der Waals surface area contributed by atoms with Gasteiger partial charge in [0.15, 0.2) is 5.78 Å². The minimum atomic E-state index is -6.04. The molecule has 3 rings (SSSR count). The molecule has 0 radical (unpaired) electrons. The van der Waals surface area contributed by atoms with Crippen molar-refractivity contribution in [3.05, 3.63) is 62.6 Å². The minimum Gasteiger partial charge on any atom is -0.351 e. The van der Waals surface area contributed by atoms with Crippen LogP contribution in [0.5, 0.6) is 0 Å². The van der Waals surface area contributed by atoms with Crippen LogP contribution in [0.1, 0.15) is 34.7 Å². The number of anilines is 1. The summed E-state index contributed by atoms with van der Waals surface area (Å²) in [6.07, 6.45) is -6.64. The van der Waals surface area contributed by atoms with Gasteiger partial charge < -0.3 is 10.6 Å². The maximum atomic E-state index is 13.0. The van der Waals surface area contributed by atoms with E-state index in [2.05, 4.69) is 5.32 Å². The molecule has 0 spiro atoms. The zero-order chi connectivity index (χ0) is 28.6. The largest absolute Gasteiger partial charge is 0.463 e. The van der Waals surface area contributed by atoms with E-state index in [0.717, 1.165) is 0 Å². The third-order valence-corrected chi connectivity index (χ3v) is 7.33. The van der Waals surface area contributed by atoms with E-state index in [1.54, 1.807) is 12.1 Å². The topological polar surface area (TPSA) is 75.3 Å². The summed E-state index contributed by atoms with van der Waals surface area (Å²) >= 11 is 30.8. The Labute approximate surface area is 237 Å². The van der Waals surface area contributed by atoms with Crippen LogP contribution in [-0.4, -0.2) is 40.6 Å². The number of halogens is 10. The molecule has 0 aromatic heterocycles. The number of hydrogen-bond acceptors (Lipinski definition) is 3. The van der Waals surface area contributed by atoms with Crippen LogP contribution in [0.3, 0.4) is 0 Å². The fourth-order valence-electron chi connectivity index (χ4n) is 3.68. The van der Waals surface area contributed by atoms with Crippen molar-refractivity contribution in [1.29, 1.82) is 0 Å². The second-order valence-electron chi connectivity index (χ2n) is 8.37. The number of benzene rings is 2. The lowest BCUT2D eigenvalue weighted by Crippen LogP contribution is -2.50. The molecule has 0 heterocycles. The molecule has 0 saturated heterocycles. The highest BCUT2D eigenvalue weighted by Crippen LogP contribution is 2.65. The van der Waals surface area contributed by atoms with E-state index in [-0.39, 0.29) is 29.1 Å². The van der Waals surface area contributed by atoms with E-state index in [4.69, 9.17) is 58.0 Å². The van der Waals surface area contributed by atoms with E-state index >= 15 is 0 Å². The first-order chi connectivity index (χ1) is 17.5. The van der Waals surface area contributed by atoms with Gasteiger partial charge in [0, 0.05) is 40.2 Å². The molecule has 1 fully saturated rings.